The lowest BCUT2D eigenvalue weighted by molar-refractivity contribution is 0.277. The smallest absolute Gasteiger partial charge is 0.243 e. The summed E-state index contributed by atoms with van der Waals surface area (Å²) in [5.74, 6) is 0.690. The molecule has 1 aromatic heterocycles. The van der Waals surface area contributed by atoms with E-state index in [1.165, 1.54) is 25.2 Å². The lowest BCUT2D eigenvalue weighted by atomic mass is 10.1. The first-order valence-electron chi connectivity index (χ1n) is 7.20. The number of aryl methyl sites for hydroxylation is 1. The van der Waals surface area contributed by atoms with Gasteiger partial charge >= 0.3 is 0 Å². The highest BCUT2D eigenvalue weighted by atomic mass is 32.2. The fourth-order valence-corrected chi connectivity index (χ4v) is 3.46. The van der Waals surface area contributed by atoms with Gasteiger partial charge in [0, 0.05) is 25.4 Å². The molecule has 1 aliphatic carbocycles. The first-order chi connectivity index (χ1) is 9.55. The Hall–Kier alpha value is -0.920. The summed E-state index contributed by atoms with van der Waals surface area (Å²) in [4.78, 5) is 0.199. The largest absolute Gasteiger partial charge is 0.396 e. The van der Waals surface area contributed by atoms with Crippen molar-refractivity contribution in [2.24, 2.45) is 5.92 Å². The van der Waals surface area contributed by atoms with Crippen molar-refractivity contribution in [1.82, 2.24) is 14.5 Å². The zero-order valence-electron chi connectivity index (χ0n) is 11.8. The van der Waals surface area contributed by atoms with Crippen molar-refractivity contribution < 1.29 is 13.5 Å². The minimum Gasteiger partial charge on any atom is -0.396 e. The molecule has 0 aromatic carbocycles. The average Bonchev–Trinajstić information content (AvgIpc) is 3.09. The number of hydrogen-bond acceptors (Lipinski definition) is 4. The predicted molar refractivity (Wildman–Crippen MR) is 75.7 cm³/mol. The fraction of sp³-hybridized carbons (Fsp3) is 0.769. The summed E-state index contributed by atoms with van der Waals surface area (Å²) < 4.78 is 28.9. The van der Waals surface area contributed by atoms with Crippen LogP contribution in [-0.2, 0) is 16.6 Å². The number of aliphatic hydroxyl groups excluding tert-OH is 1. The number of aliphatic hydroxyl groups is 1. The first kappa shape index (κ1) is 15.5. The van der Waals surface area contributed by atoms with E-state index >= 15 is 0 Å². The van der Waals surface area contributed by atoms with Gasteiger partial charge in [0.1, 0.15) is 4.90 Å². The van der Waals surface area contributed by atoms with Crippen LogP contribution in [0.1, 0.15) is 39.0 Å². The SMILES string of the molecule is CCC(CC1CC1)NS(=O)(=O)c1cnn(CCCO)c1. The third kappa shape index (κ3) is 4.29. The molecule has 114 valence electrons. The minimum atomic E-state index is -3.49. The maximum atomic E-state index is 12.3. The molecule has 0 spiro atoms. The molecule has 0 radical (unpaired) electrons. The van der Waals surface area contributed by atoms with E-state index in [0.717, 1.165) is 12.8 Å². The molecule has 1 aromatic rings. The number of nitrogens with zero attached hydrogens (tertiary/aromatic N) is 2. The molecule has 0 saturated heterocycles. The molecule has 0 aliphatic heterocycles. The number of rotatable bonds is 9. The molecule has 20 heavy (non-hydrogen) atoms. The van der Waals surface area contributed by atoms with Crippen molar-refractivity contribution in [1.29, 1.82) is 0 Å². The lowest BCUT2D eigenvalue weighted by Crippen LogP contribution is -2.34. The first-order valence-corrected chi connectivity index (χ1v) is 8.69. The van der Waals surface area contributed by atoms with Crippen molar-refractivity contribution in [3.8, 4) is 0 Å². The maximum Gasteiger partial charge on any atom is 0.243 e. The second-order valence-electron chi connectivity index (χ2n) is 5.42. The Morgan fingerprint density at radius 3 is 2.90 bits per heavy atom. The van der Waals surface area contributed by atoms with Crippen molar-refractivity contribution in [2.75, 3.05) is 6.61 Å². The van der Waals surface area contributed by atoms with Gasteiger partial charge in [-0.1, -0.05) is 19.8 Å². The molecule has 6 nitrogen and oxygen atoms in total. The van der Waals surface area contributed by atoms with Gasteiger partial charge in [-0.2, -0.15) is 5.10 Å². The predicted octanol–water partition coefficient (Wildman–Crippen LogP) is 1.12. The van der Waals surface area contributed by atoms with E-state index in [9.17, 15) is 8.42 Å². The maximum absolute atomic E-state index is 12.3. The number of hydrogen-bond donors (Lipinski definition) is 2. The summed E-state index contributed by atoms with van der Waals surface area (Å²) in [5, 5.41) is 12.8. The number of sulfonamides is 1. The van der Waals surface area contributed by atoms with Gasteiger partial charge in [-0.05, 0) is 25.2 Å². The van der Waals surface area contributed by atoms with Crippen LogP contribution in [0, 0.1) is 5.92 Å². The Bertz CT molecular complexity index is 523. The average molecular weight is 301 g/mol. The summed E-state index contributed by atoms with van der Waals surface area (Å²) >= 11 is 0. The van der Waals surface area contributed by atoms with Crippen LogP contribution < -0.4 is 4.72 Å². The van der Waals surface area contributed by atoms with Crippen LogP contribution in [0.25, 0.3) is 0 Å². The van der Waals surface area contributed by atoms with Crippen molar-refractivity contribution in [3.63, 3.8) is 0 Å². The van der Waals surface area contributed by atoms with Gasteiger partial charge in [0.25, 0.3) is 0 Å². The second kappa shape index (κ2) is 6.69. The van der Waals surface area contributed by atoms with Gasteiger partial charge in [-0.15, -0.1) is 0 Å². The Balaban J connectivity index is 1.98. The van der Waals surface area contributed by atoms with E-state index < -0.39 is 10.0 Å². The third-order valence-electron chi connectivity index (χ3n) is 3.59. The highest BCUT2D eigenvalue weighted by Gasteiger charge is 2.28. The summed E-state index contributed by atoms with van der Waals surface area (Å²) in [6.45, 7) is 2.59. The highest BCUT2D eigenvalue weighted by molar-refractivity contribution is 7.89. The lowest BCUT2D eigenvalue weighted by Gasteiger charge is -2.15. The van der Waals surface area contributed by atoms with Gasteiger partial charge in [0.05, 0.1) is 6.20 Å². The quantitative estimate of drug-likeness (QED) is 0.716. The van der Waals surface area contributed by atoms with Crippen molar-refractivity contribution in [2.45, 2.75) is 56.5 Å². The molecule has 1 aliphatic rings. The molecule has 1 fully saturated rings. The van der Waals surface area contributed by atoms with E-state index in [1.807, 2.05) is 6.92 Å². The molecule has 7 heteroatoms. The van der Waals surface area contributed by atoms with Crippen LogP contribution in [0.15, 0.2) is 17.3 Å². The molecule has 2 rings (SSSR count). The molecule has 1 unspecified atom stereocenters. The molecule has 0 amide bonds. The normalized spacial score (nSPS) is 17.3. The molecule has 0 bridgehead atoms. The third-order valence-corrected chi connectivity index (χ3v) is 5.07. The van der Waals surface area contributed by atoms with Crippen molar-refractivity contribution in [3.05, 3.63) is 12.4 Å². The topological polar surface area (TPSA) is 84.2 Å². The number of aromatic nitrogens is 2. The van der Waals surface area contributed by atoms with Crippen LogP contribution in [-0.4, -0.2) is 36.0 Å². The molecular weight excluding hydrogens is 278 g/mol. The van der Waals surface area contributed by atoms with Gasteiger partial charge in [-0.3, -0.25) is 4.68 Å². The Morgan fingerprint density at radius 1 is 1.55 bits per heavy atom. The Labute approximate surface area is 120 Å². The number of nitrogens with one attached hydrogen (secondary N) is 1. The van der Waals surface area contributed by atoms with Gasteiger partial charge in [0.15, 0.2) is 0 Å². The van der Waals surface area contributed by atoms with E-state index in [4.69, 9.17) is 5.11 Å². The molecule has 1 saturated carbocycles. The van der Waals surface area contributed by atoms with Crippen LogP contribution in [0.3, 0.4) is 0 Å². The zero-order valence-corrected chi connectivity index (χ0v) is 12.6. The standard InChI is InChI=1S/C13H23N3O3S/c1-2-12(8-11-4-5-11)15-20(18,19)13-9-14-16(10-13)6-3-7-17/h9-12,15,17H,2-8H2,1H3. The minimum absolute atomic E-state index is 0.00768. The van der Waals surface area contributed by atoms with E-state index in [-0.39, 0.29) is 17.5 Å². The Morgan fingerprint density at radius 2 is 2.30 bits per heavy atom. The van der Waals surface area contributed by atoms with Crippen LogP contribution in [0.4, 0.5) is 0 Å². The van der Waals surface area contributed by atoms with Crippen LogP contribution in [0.2, 0.25) is 0 Å². The second-order valence-corrected chi connectivity index (χ2v) is 7.14. The monoisotopic (exact) mass is 301 g/mol. The highest BCUT2D eigenvalue weighted by Crippen LogP contribution is 2.34. The molecular formula is C13H23N3O3S. The van der Waals surface area contributed by atoms with Crippen molar-refractivity contribution >= 4 is 10.0 Å². The molecule has 1 atom stereocenters. The molecule has 2 N–H and O–H groups in total. The van der Waals surface area contributed by atoms with Gasteiger partial charge in [-0.25, -0.2) is 13.1 Å². The van der Waals surface area contributed by atoms with Crippen LogP contribution >= 0.6 is 0 Å². The fourth-order valence-electron chi connectivity index (χ4n) is 2.18. The van der Waals surface area contributed by atoms with E-state index in [0.29, 0.717) is 18.9 Å². The summed E-state index contributed by atoms with van der Waals surface area (Å²) in [7, 11) is -3.49. The Kier molecular flexibility index (Phi) is 5.17. The van der Waals surface area contributed by atoms with Gasteiger partial charge in [0.2, 0.25) is 10.0 Å². The summed E-state index contributed by atoms with van der Waals surface area (Å²) in [5.41, 5.74) is 0. The van der Waals surface area contributed by atoms with E-state index in [2.05, 4.69) is 9.82 Å². The van der Waals surface area contributed by atoms with Crippen LogP contribution in [0.5, 0.6) is 0 Å². The van der Waals surface area contributed by atoms with Gasteiger partial charge < -0.3 is 5.11 Å². The summed E-state index contributed by atoms with van der Waals surface area (Å²) in [6.07, 6.45) is 7.61. The van der Waals surface area contributed by atoms with E-state index in [1.54, 1.807) is 4.68 Å². The summed E-state index contributed by atoms with van der Waals surface area (Å²) in [6, 6.07) is 0.00768. The molecule has 1 heterocycles. The zero-order chi connectivity index (χ0) is 14.6.